The van der Waals surface area contributed by atoms with E-state index in [1.54, 1.807) is 6.20 Å². The third kappa shape index (κ3) is 3.47. The van der Waals surface area contributed by atoms with E-state index in [1.165, 1.54) is 0 Å². The third-order valence-corrected chi connectivity index (χ3v) is 3.81. The van der Waals surface area contributed by atoms with Gasteiger partial charge in [0.15, 0.2) is 0 Å². The Bertz CT molecular complexity index is 567. The number of likely N-dealkylation sites (N-methyl/N-ethyl adjacent to an activating group) is 1. The molecule has 5 heteroatoms. The normalized spacial score (nSPS) is 14.1. The van der Waals surface area contributed by atoms with Crippen molar-refractivity contribution in [2.45, 2.75) is 52.5 Å². The van der Waals surface area contributed by atoms with Crippen LogP contribution in [0.1, 0.15) is 51.5 Å². The van der Waals surface area contributed by atoms with Gasteiger partial charge in [0.1, 0.15) is 5.69 Å². The predicted octanol–water partition coefficient (Wildman–Crippen LogP) is 3.19. The number of rotatable bonds is 7. The molecule has 0 amide bonds. The lowest BCUT2D eigenvalue weighted by molar-refractivity contribution is 0.318. The van der Waals surface area contributed by atoms with Gasteiger partial charge < -0.3 is 9.84 Å². The van der Waals surface area contributed by atoms with Gasteiger partial charge in [-0.15, -0.1) is 0 Å². The molecule has 0 saturated heterocycles. The lowest BCUT2D eigenvalue weighted by Crippen LogP contribution is -2.31. The highest BCUT2D eigenvalue weighted by molar-refractivity contribution is 5.53. The minimum absolute atomic E-state index is 0.222. The number of aromatic nitrogens is 3. The van der Waals surface area contributed by atoms with E-state index in [-0.39, 0.29) is 5.92 Å². The summed E-state index contributed by atoms with van der Waals surface area (Å²) in [5, 5.41) is 7.55. The Labute approximate surface area is 126 Å². The van der Waals surface area contributed by atoms with Crippen molar-refractivity contribution in [2.75, 3.05) is 6.54 Å². The summed E-state index contributed by atoms with van der Waals surface area (Å²) in [5.74, 6) is 1.50. The quantitative estimate of drug-likeness (QED) is 0.847. The van der Waals surface area contributed by atoms with Crippen molar-refractivity contribution in [3.63, 3.8) is 0 Å². The molecule has 2 heterocycles. The van der Waals surface area contributed by atoms with E-state index >= 15 is 0 Å². The summed E-state index contributed by atoms with van der Waals surface area (Å²) >= 11 is 0. The molecule has 0 aliphatic rings. The maximum absolute atomic E-state index is 5.50. The molecule has 2 aromatic heterocycles. The molecule has 0 bridgehead atoms. The standard InChI is InChI=1S/C16H24N4O/c1-5-12-9-8-10-18-14(12)15-19-16(21-20-15)13(6-2)11(4)17-7-3/h8-11,13,17H,5-7H2,1-4H3. The van der Waals surface area contributed by atoms with E-state index in [1.807, 2.05) is 6.07 Å². The van der Waals surface area contributed by atoms with Crippen molar-refractivity contribution >= 4 is 0 Å². The maximum Gasteiger partial charge on any atom is 0.231 e. The van der Waals surface area contributed by atoms with Crippen LogP contribution >= 0.6 is 0 Å². The lowest BCUT2D eigenvalue weighted by atomic mass is 9.98. The molecule has 114 valence electrons. The second kappa shape index (κ2) is 7.31. The van der Waals surface area contributed by atoms with Gasteiger partial charge in [-0.25, -0.2) is 0 Å². The zero-order valence-electron chi connectivity index (χ0n) is 13.3. The van der Waals surface area contributed by atoms with Gasteiger partial charge in [0, 0.05) is 12.2 Å². The lowest BCUT2D eigenvalue weighted by Gasteiger charge is -2.19. The van der Waals surface area contributed by atoms with Gasteiger partial charge in [-0.05, 0) is 37.9 Å². The van der Waals surface area contributed by atoms with Gasteiger partial charge in [0.2, 0.25) is 11.7 Å². The molecule has 0 spiro atoms. The number of hydrogen-bond donors (Lipinski definition) is 1. The highest BCUT2D eigenvalue weighted by Gasteiger charge is 2.24. The Morgan fingerprint density at radius 1 is 1.29 bits per heavy atom. The Kier molecular flexibility index (Phi) is 5.44. The van der Waals surface area contributed by atoms with E-state index in [0.29, 0.717) is 17.8 Å². The highest BCUT2D eigenvalue weighted by atomic mass is 16.5. The average Bonchev–Trinajstić information content (AvgIpc) is 2.97. The van der Waals surface area contributed by atoms with Gasteiger partial charge in [0.05, 0.1) is 5.92 Å². The molecule has 1 N–H and O–H groups in total. The third-order valence-electron chi connectivity index (χ3n) is 3.81. The number of aryl methyl sites for hydroxylation is 1. The summed E-state index contributed by atoms with van der Waals surface area (Å²) in [6.45, 7) is 9.42. The molecule has 2 unspecified atom stereocenters. The first-order valence-corrected chi connectivity index (χ1v) is 7.72. The Morgan fingerprint density at radius 3 is 2.76 bits per heavy atom. The van der Waals surface area contributed by atoms with Crippen molar-refractivity contribution in [1.29, 1.82) is 0 Å². The topological polar surface area (TPSA) is 63.8 Å². The predicted molar refractivity (Wildman–Crippen MR) is 83.1 cm³/mol. The molecule has 2 atom stereocenters. The van der Waals surface area contributed by atoms with Crippen LogP contribution in [-0.4, -0.2) is 27.7 Å². The minimum Gasteiger partial charge on any atom is -0.339 e. The average molecular weight is 288 g/mol. The van der Waals surface area contributed by atoms with Crippen LogP contribution in [0.3, 0.4) is 0 Å². The highest BCUT2D eigenvalue weighted by Crippen LogP contribution is 2.25. The van der Waals surface area contributed by atoms with Crippen molar-refractivity contribution in [3.05, 3.63) is 29.8 Å². The summed E-state index contributed by atoms with van der Waals surface area (Å²) < 4.78 is 5.50. The molecule has 0 aliphatic carbocycles. The summed E-state index contributed by atoms with van der Waals surface area (Å²) in [6, 6.07) is 4.30. The molecule has 0 aliphatic heterocycles. The molecule has 0 aromatic carbocycles. The molecular formula is C16H24N4O. The van der Waals surface area contributed by atoms with Crippen LogP contribution in [0.25, 0.3) is 11.5 Å². The molecule has 2 rings (SSSR count). The maximum atomic E-state index is 5.50. The summed E-state index contributed by atoms with van der Waals surface area (Å²) in [7, 11) is 0. The van der Waals surface area contributed by atoms with Crippen LogP contribution in [-0.2, 0) is 6.42 Å². The fourth-order valence-corrected chi connectivity index (χ4v) is 2.61. The fourth-order valence-electron chi connectivity index (χ4n) is 2.61. The van der Waals surface area contributed by atoms with E-state index in [0.717, 1.165) is 30.6 Å². The van der Waals surface area contributed by atoms with Gasteiger partial charge in [-0.1, -0.05) is 32.0 Å². The van der Waals surface area contributed by atoms with E-state index in [2.05, 4.69) is 54.2 Å². The SMILES string of the molecule is CCNC(C)C(CC)c1nc(-c2ncccc2CC)no1. The first kappa shape index (κ1) is 15.6. The van der Waals surface area contributed by atoms with Gasteiger partial charge in [0.25, 0.3) is 0 Å². The van der Waals surface area contributed by atoms with E-state index < -0.39 is 0 Å². The molecular weight excluding hydrogens is 264 g/mol. The smallest absolute Gasteiger partial charge is 0.231 e. The van der Waals surface area contributed by atoms with Gasteiger partial charge in [-0.3, -0.25) is 4.98 Å². The fraction of sp³-hybridized carbons (Fsp3) is 0.562. The van der Waals surface area contributed by atoms with Crippen molar-refractivity contribution in [2.24, 2.45) is 0 Å². The zero-order valence-corrected chi connectivity index (χ0v) is 13.3. The Hall–Kier alpha value is -1.75. The molecule has 2 aromatic rings. The van der Waals surface area contributed by atoms with Crippen molar-refractivity contribution in [1.82, 2.24) is 20.4 Å². The summed E-state index contributed by atoms with van der Waals surface area (Å²) in [5.41, 5.74) is 1.96. The number of nitrogens with one attached hydrogen (secondary N) is 1. The Balaban J connectivity index is 2.28. The molecule has 5 nitrogen and oxygen atoms in total. The second-order valence-corrected chi connectivity index (χ2v) is 5.18. The van der Waals surface area contributed by atoms with Crippen molar-refractivity contribution in [3.8, 4) is 11.5 Å². The summed E-state index contributed by atoms with van der Waals surface area (Å²) in [4.78, 5) is 8.98. The largest absolute Gasteiger partial charge is 0.339 e. The van der Waals surface area contributed by atoms with Crippen LogP contribution in [0.5, 0.6) is 0 Å². The Morgan fingerprint density at radius 2 is 2.10 bits per heavy atom. The van der Waals surface area contributed by atoms with Crippen LogP contribution in [0.2, 0.25) is 0 Å². The van der Waals surface area contributed by atoms with Gasteiger partial charge >= 0.3 is 0 Å². The minimum atomic E-state index is 0.222. The molecule has 0 radical (unpaired) electrons. The molecule has 21 heavy (non-hydrogen) atoms. The number of pyridine rings is 1. The van der Waals surface area contributed by atoms with Crippen LogP contribution in [0.4, 0.5) is 0 Å². The first-order valence-electron chi connectivity index (χ1n) is 7.72. The molecule has 0 saturated carbocycles. The monoisotopic (exact) mass is 288 g/mol. The van der Waals surface area contributed by atoms with Gasteiger partial charge in [-0.2, -0.15) is 4.98 Å². The van der Waals surface area contributed by atoms with E-state index in [4.69, 9.17) is 4.52 Å². The zero-order chi connectivity index (χ0) is 15.2. The first-order chi connectivity index (χ1) is 10.2. The van der Waals surface area contributed by atoms with Crippen LogP contribution < -0.4 is 5.32 Å². The van der Waals surface area contributed by atoms with Crippen LogP contribution in [0.15, 0.2) is 22.9 Å². The number of nitrogens with zero attached hydrogens (tertiary/aromatic N) is 3. The van der Waals surface area contributed by atoms with Crippen LogP contribution in [0, 0.1) is 0 Å². The summed E-state index contributed by atoms with van der Waals surface area (Å²) in [6.07, 6.45) is 3.62. The molecule has 0 fully saturated rings. The number of hydrogen-bond acceptors (Lipinski definition) is 5. The van der Waals surface area contributed by atoms with E-state index in [9.17, 15) is 0 Å². The second-order valence-electron chi connectivity index (χ2n) is 5.18. The van der Waals surface area contributed by atoms with Crippen molar-refractivity contribution < 1.29 is 4.52 Å².